The number of imide groups is 1. The minimum absolute atomic E-state index is 0.158. The molecule has 1 aliphatic carbocycles. The van der Waals surface area contributed by atoms with Crippen LogP contribution in [0.1, 0.15) is 49.9 Å². The van der Waals surface area contributed by atoms with E-state index in [0.717, 1.165) is 29.1 Å². The molecule has 29 heavy (non-hydrogen) atoms. The molecular weight excluding hydrogens is 398 g/mol. The highest BCUT2D eigenvalue weighted by Gasteiger charge is 2.51. The number of nitrogens with one attached hydrogen (secondary N) is 1. The fourth-order valence-corrected chi connectivity index (χ4v) is 4.61. The Labute approximate surface area is 171 Å². The Bertz CT molecular complexity index is 842. The maximum absolute atomic E-state index is 12.6. The van der Waals surface area contributed by atoms with Crippen LogP contribution >= 0.6 is 11.3 Å². The first-order valence-electron chi connectivity index (χ1n) is 9.48. The van der Waals surface area contributed by atoms with Gasteiger partial charge in [-0.15, -0.1) is 11.3 Å². The van der Waals surface area contributed by atoms with Crippen molar-refractivity contribution in [1.29, 1.82) is 0 Å². The molecule has 4 atom stereocenters. The second kappa shape index (κ2) is 8.32. The third-order valence-electron chi connectivity index (χ3n) is 5.43. The zero-order valence-corrected chi connectivity index (χ0v) is 17.0. The lowest BCUT2D eigenvalue weighted by Gasteiger charge is -2.23. The van der Waals surface area contributed by atoms with Gasteiger partial charge in [0.25, 0.3) is 11.8 Å². The van der Waals surface area contributed by atoms with Gasteiger partial charge < -0.3 is 15.8 Å². The maximum Gasteiger partial charge on any atom is 0.329 e. The summed E-state index contributed by atoms with van der Waals surface area (Å²) in [5.41, 5.74) is 5.40. The van der Waals surface area contributed by atoms with Crippen molar-refractivity contribution in [3.63, 3.8) is 0 Å². The van der Waals surface area contributed by atoms with Crippen molar-refractivity contribution in [3.8, 4) is 0 Å². The lowest BCUT2D eigenvalue weighted by atomic mass is 9.81. The van der Waals surface area contributed by atoms with Crippen LogP contribution in [0.3, 0.4) is 0 Å². The fourth-order valence-electron chi connectivity index (χ4n) is 3.81. The van der Waals surface area contributed by atoms with E-state index in [4.69, 9.17) is 10.5 Å². The van der Waals surface area contributed by atoms with Crippen LogP contribution in [0, 0.1) is 11.8 Å². The van der Waals surface area contributed by atoms with Gasteiger partial charge in [-0.3, -0.25) is 24.1 Å². The smallest absolute Gasteiger partial charge is 0.329 e. The Morgan fingerprint density at radius 2 is 1.76 bits per heavy atom. The van der Waals surface area contributed by atoms with Crippen molar-refractivity contribution in [3.05, 3.63) is 17.0 Å². The summed E-state index contributed by atoms with van der Waals surface area (Å²) in [6, 6.07) is 0.365. The molecule has 2 aliphatic rings. The third-order valence-corrected chi connectivity index (χ3v) is 6.26. The quantitative estimate of drug-likeness (QED) is 0.525. The topological polar surface area (TPSA) is 136 Å². The van der Waals surface area contributed by atoms with E-state index >= 15 is 0 Å². The molecule has 3 N–H and O–H groups in total. The van der Waals surface area contributed by atoms with E-state index in [-0.39, 0.29) is 34.2 Å². The SMILES string of the molecule is C[C@H](OC(=O)[C@H](C)N1C(=O)[C@H]2CCCC[C@@H]2C1=O)C(=O)Nc1sccc1C(N)=O. The molecule has 4 amide bonds. The number of hydrogen-bond donors (Lipinski definition) is 2. The van der Waals surface area contributed by atoms with Gasteiger partial charge in [-0.2, -0.15) is 0 Å². The number of amides is 4. The van der Waals surface area contributed by atoms with Crippen molar-refractivity contribution in [2.45, 2.75) is 51.7 Å². The average molecular weight is 421 g/mol. The van der Waals surface area contributed by atoms with Crippen molar-refractivity contribution < 1.29 is 28.7 Å². The molecule has 1 aromatic rings. The number of anilines is 1. The Hall–Kier alpha value is -2.75. The van der Waals surface area contributed by atoms with Crippen molar-refractivity contribution in [2.24, 2.45) is 17.6 Å². The zero-order valence-electron chi connectivity index (χ0n) is 16.2. The van der Waals surface area contributed by atoms with E-state index in [0.29, 0.717) is 12.8 Å². The van der Waals surface area contributed by atoms with Crippen molar-refractivity contribution >= 4 is 45.9 Å². The molecule has 3 rings (SSSR count). The molecule has 9 nitrogen and oxygen atoms in total. The van der Waals surface area contributed by atoms with E-state index in [1.807, 2.05) is 0 Å². The highest BCUT2D eigenvalue weighted by molar-refractivity contribution is 7.14. The van der Waals surface area contributed by atoms with Gasteiger partial charge in [0.15, 0.2) is 6.10 Å². The molecule has 1 saturated heterocycles. The molecule has 2 fully saturated rings. The summed E-state index contributed by atoms with van der Waals surface area (Å²) in [4.78, 5) is 62.3. The second-order valence-corrected chi connectivity index (χ2v) is 8.23. The van der Waals surface area contributed by atoms with Crippen LogP contribution in [-0.2, 0) is 23.9 Å². The summed E-state index contributed by atoms with van der Waals surface area (Å²) < 4.78 is 5.18. The molecule has 1 saturated carbocycles. The van der Waals surface area contributed by atoms with Crippen LogP contribution in [0.5, 0.6) is 0 Å². The van der Waals surface area contributed by atoms with Crippen LogP contribution < -0.4 is 11.1 Å². The van der Waals surface area contributed by atoms with Gasteiger partial charge in [-0.25, -0.2) is 4.79 Å². The van der Waals surface area contributed by atoms with Crippen LogP contribution in [-0.4, -0.2) is 46.6 Å². The summed E-state index contributed by atoms with van der Waals surface area (Å²) in [7, 11) is 0. The Kier molecular flexibility index (Phi) is 6.02. The molecule has 2 heterocycles. The highest BCUT2D eigenvalue weighted by atomic mass is 32.1. The summed E-state index contributed by atoms with van der Waals surface area (Å²) in [5.74, 6) is -3.58. The van der Waals surface area contributed by atoms with E-state index in [1.165, 1.54) is 19.9 Å². The Morgan fingerprint density at radius 3 is 2.31 bits per heavy atom. The monoisotopic (exact) mass is 421 g/mol. The fraction of sp³-hybridized carbons (Fsp3) is 0.526. The number of esters is 1. The maximum atomic E-state index is 12.6. The lowest BCUT2D eigenvalue weighted by Crippen LogP contribution is -2.46. The second-order valence-electron chi connectivity index (χ2n) is 7.32. The van der Waals surface area contributed by atoms with E-state index in [2.05, 4.69) is 5.32 Å². The Balaban J connectivity index is 1.62. The normalized spacial score (nSPS) is 23.3. The molecule has 0 unspecified atom stereocenters. The first-order chi connectivity index (χ1) is 13.7. The van der Waals surface area contributed by atoms with Crippen LogP contribution in [0.25, 0.3) is 0 Å². The number of primary amides is 1. The van der Waals surface area contributed by atoms with Crippen LogP contribution in [0.4, 0.5) is 5.00 Å². The predicted molar refractivity (Wildman–Crippen MR) is 104 cm³/mol. The van der Waals surface area contributed by atoms with Gasteiger partial charge in [0.1, 0.15) is 11.0 Å². The standard InChI is InChI=1S/C19H23N3O6S/c1-9(22-17(25)11-5-3-4-6-12(11)18(22)26)19(27)28-10(2)15(24)21-16-13(14(20)23)7-8-29-16/h7-12H,3-6H2,1-2H3,(H2,20,23)(H,21,24)/t9-,10-,11-,12-/m0/s1. The van der Waals surface area contributed by atoms with Gasteiger partial charge in [0, 0.05) is 0 Å². The van der Waals surface area contributed by atoms with E-state index < -0.39 is 29.9 Å². The van der Waals surface area contributed by atoms with Crippen molar-refractivity contribution in [1.82, 2.24) is 4.90 Å². The van der Waals surface area contributed by atoms with Gasteiger partial charge >= 0.3 is 5.97 Å². The minimum Gasteiger partial charge on any atom is -0.451 e. The molecule has 156 valence electrons. The molecule has 0 radical (unpaired) electrons. The van der Waals surface area contributed by atoms with E-state index in [9.17, 15) is 24.0 Å². The number of rotatable bonds is 6. The number of nitrogens with zero attached hydrogens (tertiary/aromatic N) is 1. The average Bonchev–Trinajstić information content (AvgIpc) is 3.24. The number of carbonyl (C=O) groups excluding carboxylic acids is 5. The number of likely N-dealkylation sites (tertiary alicyclic amines) is 1. The summed E-state index contributed by atoms with van der Waals surface area (Å²) in [5, 5.41) is 4.35. The number of carbonyl (C=O) groups is 5. The lowest BCUT2D eigenvalue weighted by molar-refractivity contribution is -0.163. The number of nitrogens with two attached hydrogens (primary N) is 1. The largest absolute Gasteiger partial charge is 0.451 e. The highest BCUT2D eigenvalue weighted by Crippen LogP contribution is 2.39. The molecule has 0 bridgehead atoms. The third kappa shape index (κ3) is 4.02. The summed E-state index contributed by atoms with van der Waals surface area (Å²) >= 11 is 1.11. The number of hydrogen-bond acceptors (Lipinski definition) is 7. The molecule has 1 aromatic heterocycles. The molecule has 0 aromatic carbocycles. The van der Waals surface area contributed by atoms with Gasteiger partial charge in [-0.05, 0) is 38.1 Å². The van der Waals surface area contributed by atoms with Crippen LogP contribution in [0.2, 0.25) is 0 Å². The molecule has 1 aliphatic heterocycles. The zero-order chi connectivity index (χ0) is 21.3. The van der Waals surface area contributed by atoms with Gasteiger partial charge in [0.2, 0.25) is 11.8 Å². The van der Waals surface area contributed by atoms with E-state index in [1.54, 1.807) is 5.38 Å². The van der Waals surface area contributed by atoms with Gasteiger partial charge in [0.05, 0.1) is 17.4 Å². The van der Waals surface area contributed by atoms with Crippen molar-refractivity contribution in [2.75, 3.05) is 5.32 Å². The molecule has 10 heteroatoms. The molecule has 0 spiro atoms. The van der Waals surface area contributed by atoms with Gasteiger partial charge in [-0.1, -0.05) is 12.8 Å². The Morgan fingerprint density at radius 1 is 1.17 bits per heavy atom. The minimum atomic E-state index is -1.19. The number of ether oxygens (including phenoxy) is 1. The number of fused-ring (bicyclic) bond motifs is 1. The summed E-state index contributed by atoms with van der Waals surface area (Å²) in [6.07, 6.45) is 1.88. The van der Waals surface area contributed by atoms with Crippen LogP contribution in [0.15, 0.2) is 11.4 Å². The summed E-state index contributed by atoms with van der Waals surface area (Å²) in [6.45, 7) is 2.79. The first kappa shape index (κ1) is 21.0. The molecular formula is C19H23N3O6S. The predicted octanol–water partition coefficient (Wildman–Crippen LogP) is 1.28. The number of thiophene rings is 1. The first-order valence-corrected chi connectivity index (χ1v) is 10.4.